The predicted octanol–water partition coefficient (Wildman–Crippen LogP) is 25.1. The van der Waals surface area contributed by atoms with Crippen LogP contribution < -0.4 is 28.4 Å². The molecule has 0 N–H and O–H groups in total. The summed E-state index contributed by atoms with van der Waals surface area (Å²) in [6.07, 6.45) is 68.8. The third-order valence-electron chi connectivity index (χ3n) is 16.2. The van der Waals surface area contributed by atoms with Crippen LogP contribution in [-0.2, 0) is 0 Å². The van der Waals surface area contributed by atoms with E-state index in [-0.39, 0.29) is 0 Å². The summed E-state index contributed by atoms with van der Waals surface area (Å²) in [4.78, 5) is 0. The van der Waals surface area contributed by atoms with E-state index < -0.39 is 0 Å². The number of hydrogen-bond acceptors (Lipinski definition) is 6. The summed E-state index contributed by atoms with van der Waals surface area (Å²) in [5, 5.41) is 0. The zero-order valence-corrected chi connectivity index (χ0v) is 53.9. The fourth-order valence-electron chi connectivity index (χ4n) is 10.9. The Morgan fingerprint density at radius 3 is 0.321 bits per heavy atom. The Labute approximate surface area is 488 Å². The van der Waals surface area contributed by atoms with E-state index in [1.807, 2.05) is 0 Å². The van der Waals surface area contributed by atoms with Crippen molar-refractivity contribution in [2.24, 2.45) is 0 Å². The summed E-state index contributed by atoms with van der Waals surface area (Å²) in [7, 11) is 0. The molecular formula is C72H138O6. The van der Waals surface area contributed by atoms with E-state index in [1.54, 1.807) is 0 Å². The monoisotopic (exact) mass is 1100 g/mol. The van der Waals surface area contributed by atoms with Gasteiger partial charge in [-0.3, -0.25) is 0 Å². The van der Waals surface area contributed by atoms with Crippen LogP contribution in [0.2, 0.25) is 0 Å². The van der Waals surface area contributed by atoms with Crippen LogP contribution in [0.3, 0.4) is 0 Å². The fraction of sp³-hybridized carbons (Fsp3) is 0.917. The zero-order chi connectivity index (χ0) is 56.1. The highest BCUT2D eigenvalue weighted by molar-refractivity contribution is 5.73. The number of rotatable bonds is 66. The molecule has 0 fully saturated rings. The predicted molar refractivity (Wildman–Crippen MR) is 343 cm³/mol. The Bertz CT molecular complexity index is 1060. The Morgan fingerprint density at radius 2 is 0.218 bits per heavy atom. The van der Waals surface area contributed by atoms with Crippen molar-refractivity contribution in [1.29, 1.82) is 0 Å². The quantitative estimate of drug-likeness (QED) is 0.0606. The van der Waals surface area contributed by atoms with Crippen LogP contribution in [0.1, 0.15) is 388 Å². The van der Waals surface area contributed by atoms with Gasteiger partial charge in [0.25, 0.3) is 0 Å². The molecule has 0 aromatic heterocycles. The van der Waals surface area contributed by atoms with Gasteiger partial charge in [0.05, 0.1) is 39.6 Å². The molecule has 1 rings (SSSR count). The van der Waals surface area contributed by atoms with Crippen LogP contribution in [0.25, 0.3) is 0 Å². The topological polar surface area (TPSA) is 55.4 Å². The van der Waals surface area contributed by atoms with Crippen LogP contribution in [0.4, 0.5) is 0 Å². The Hall–Kier alpha value is -1.98. The van der Waals surface area contributed by atoms with E-state index in [4.69, 9.17) is 28.4 Å². The summed E-state index contributed by atoms with van der Waals surface area (Å²) in [5.74, 6) is 4.09. The second-order valence-corrected chi connectivity index (χ2v) is 24.0. The van der Waals surface area contributed by atoms with Gasteiger partial charge in [-0.25, -0.2) is 0 Å². The lowest BCUT2D eigenvalue weighted by Crippen LogP contribution is -2.13. The summed E-state index contributed by atoms with van der Waals surface area (Å²) in [6.45, 7) is 17.5. The second kappa shape index (κ2) is 61.1. The number of ether oxygens (including phenoxy) is 6. The lowest BCUT2D eigenvalue weighted by molar-refractivity contribution is 0.188. The van der Waals surface area contributed by atoms with Gasteiger partial charge in [-0.2, -0.15) is 0 Å². The summed E-state index contributed by atoms with van der Waals surface area (Å²) < 4.78 is 42.5. The first-order chi connectivity index (χ1) is 38.7. The van der Waals surface area contributed by atoms with Crippen LogP contribution >= 0.6 is 0 Å². The van der Waals surface area contributed by atoms with Crippen LogP contribution in [-0.4, -0.2) is 39.6 Å². The Balaban J connectivity index is 3.71. The molecule has 6 heteroatoms. The van der Waals surface area contributed by atoms with Crippen molar-refractivity contribution in [3.8, 4) is 34.5 Å². The Kier molecular flexibility index (Phi) is 58.0. The van der Waals surface area contributed by atoms with Gasteiger partial charge < -0.3 is 28.4 Å². The van der Waals surface area contributed by atoms with Gasteiger partial charge in [-0.1, -0.05) is 350 Å². The molecule has 0 aliphatic rings. The standard InChI is InChI=1S/C72H138O6/c1-7-13-19-25-31-37-43-49-55-61-73-67-68(74-62-56-50-44-38-32-26-20-14-8-2)70(76-64-58-52-46-40-34-28-22-16-10-4)72(78-66-60-54-48-42-36-30-24-18-12-6)71(77-65-59-53-47-41-35-29-23-17-11-5)69(67)75-63-57-51-45-39-33-27-21-15-9-3/h7-66H2,1-6H3. The van der Waals surface area contributed by atoms with E-state index in [2.05, 4.69) is 41.5 Å². The Morgan fingerprint density at radius 1 is 0.128 bits per heavy atom. The van der Waals surface area contributed by atoms with E-state index in [0.717, 1.165) is 38.5 Å². The van der Waals surface area contributed by atoms with Gasteiger partial charge in [-0.05, 0) is 38.5 Å². The first-order valence-electron chi connectivity index (χ1n) is 35.7. The molecule has 0 amide bonds. The molecule has 1 aromatic carbocycles. The van der Waals surface area contributed by atoms with Gasteiger partial charge in [-0.15, -0.1) is 0 Å². The molecule has 0 spiro atoms. The van der Waals surface area contributed by atoms with E-state index in [9.17, 15) is 0 Å². The molecule has 6 nitrogen and oxygen atoms in total. The average molecular weight is 1100 g/mol. The van der Waals surface area contributed by atoms with E-state index in [0.29, 0.717) is 74.1 Å². The van der Waals surface area contributed by atoms with Crippen molar-refractivity contribution >= 4 is 0 Å². The van der Waals surface area contributed by atoms with Crippen molar-refractivity contribution in [3.05, 3.63) is 0 Å². The zero-order valence-electron chi connectivity index (χ0n) is 53.9. The summed E-state index contributed by atoms with van der Waals surface area (Å²) >= 11 is 0. The van der Waals surface area contributed by atoms with Gasteiger partial charge in [0.2, 0.25) is 34.5 Å². The molecular weight excluding hydrogens is 961 g/mol. The minimum absolute atomic E-state index is 0.618. The smallest absolute Gasteiger partial charge is 0.211 e. The molecule has 0 atom stereocenters. The molecule has 0 aliphatic heterocycles. The van der Waals surface area contributed by atoms with Crippen LogP contribution in [0, 0.1) is 0 Å². The molecule has 0 aliphatic carbocycles. The highest BCUT2D eigenvalue weighted by Gasteiger charge is 2.32. The van der Waals surface area contributed by atoms with Crippen LogP contribution in [0.5, 0.6) is 34.5 Å². The summed E-state index contributed by atoms with van der Waals surface area (Å²) in [6, 6.07) is 0. The normalized spacial score (nSPS) is 11.5. The SMILES string of the molecule is CCCCCCCCCCCOc1c(OCCCCCCCCCCC)c(OCCCCCCCCCCC)c(OCCCCCCCCCCC)c(OCCCCCCCCCCC)c1OCCCCCCCCCCC. The highest BCUT2D eigenvalue weighted by Crippen LogP contribution is 2.58. The number of unbranched alkanes of at least 4 members (excludes halogenated alkanes) is 48. The van der Waals surface area contributed by atoms with Crippen molar-refractivity contribution in [2.75, 3.05) is 39.6 Å². The molecule has 78 heavy (non-hydrogen) atoms. The highest BCUT2D eigenvalue weighted by atomic mass is 16.6. The molecule has 0 heterocycles. The minimum atomic E-state index is 0.618. The minimum Gasteiger partial charge on any atom is -0.486 e. The largest absolute Gasteiger partial charge is 0.486 e. The first-order valence-corrected chi connectivity index (χ1v) is 35.7. The molecule has 0 radical (unpaired) electrons. The lowest BCUT2D eigenvalue weighted by atomic mass is 10.1. The van der Waals surface area contributed by atoms with Crippen LogP contribution in [0.15, 0.2) is 0 Å². The van der Waals surface area contributed by atoms with Gasteiger partial charge in [0.15, 0.2) is 0 Å². The molecule has 0 bridgehead atoms. The molecule has 0 saturated carbocycles. The van der Waals surface area contributed by atoms with Gasteiger partial charge >= 0.3 is 0 Å². The maximum atomic E-state index is 7.09. The number of benzene rings is 1. The first kappa shape index (κ1) is 74.0. The number of hydrogen-bond donors (Lipinski definition) is 0. The van der Waals surface area contributed by atoms with Crippen molar-refractivity contribution in [1.82, 2.24) is 0 Å². The third-order valence-corrected chi connectivity index (χ3v) is 16.2. The van der Waals surface area contributed by atoms with Crippen molar-refractivity contribution in [2.45, 2.75) is 388 Å². The molecule has 462 valence electrons. The molecule has 1 aromatic rings. The third kappa shape index (κ3) is 44.6. The van der Waals surface area contributed by atoms with Gasteiger partial charge in [0, 0.05) is 0 Å². The van der Waals surface area contributed by atoms with E-state index >= 15 is 0 Å². The van der Waals surface area contributed by atoms with Crippen molar-refractivity contribution in [3.63, 3.8) is 0 Å². The molecule has 0 saturated heterocycles. The fourth-order valence-corrected chi connectivity index (χ4v) is 10.9. The average Bonchev–Trinajstić information content (AvgIpc) is 3.47. The van der Waals surface area contributed by atoms with Gasteiger partial charge in [0.1, 0.15) is 0 Å². The second-order valence-electron chi connectivity index (χ2n) is 24.0. The molecule has 0 unspecified atom stereocenters. The summed E-state index contributed by atoms with van der Waals surface area (Å²) in [5.41, 5.74) is 0. The van der Waals surface area contributed by atoms with Crippen molar-refractivity contribution < 1.29 is 28.4 Å². The lowest BCUT2D eigenvalue weighted by Gasteiger charge is -2.26. The van der Waals surface area contributed by atoms with E-state index in [1.165, 1.54) is 308 Å². The maximum Gasteiger partial charge on any atom is 0.211 e. The maximum absolute atomic E-state index is 7.09.